The summed E-state index contributed by atoms with van der Waals surface area (Å²) < 4.78 is 0. The number of aryl methyl sites for hydroxylation is 1. The Morgan fingerprint density at radius 1 is 1.41 bits per heavy atom. The molecule has 1 heterocycles. The van der Waals surface area contributed by atoms with Crippen molar-refractivity contribution in [3.8, 4) is 0 Å². The van der Waals surface area contributed by atoms with Crippen LogP contribution >= 0.6 is 0 Å². The first-order valence-corrected chi connectivity index (χ1v) is 6.34. The van der Waals surface area contributed by atoms with E-state index in [0.717, 1.165) is 32.5 Å². The Bertz CT molecular complexity index is 423. The maximum absolute atomic E-state index is 6.00. The van der Waals surface area contributed by atoms with Gasteiger partial charge in [0.1, 0.15) is 0 Å². The highest BCUT2D eigenvalue weighted by Gasteiger charge is 2.17. The molecule has 0 radical (unpaired) electrons. The zero-order valence-electron chi connectivity index (χ0n) is 10.7. The molecule has 0 aliphatic carbocycles. The first-order valence-electron chi connectivity index (χ1n) is 6.34. The Hall–Kier alpha value is -1.51. The smallest absolute Gasteiger partial charge is 0.191 e. The van der Waals surface area contributed by atoms with Crippen molar-refractivity contribution in [2.24, 2.45) is 10.7 Å². The molecule has 0 aromatic heterocycles. The molecule has 3 heteroatoms. The summed E-state index contributed by atoms with van der Waals surface area (Å²) in [7, 11) is 0. The molecule has 1 aliphatic rings. The standard InChI is InChI=1S/C14H21N3/c1-3-7-16-14(15)17-8-6-12-9-11(2)4-5-13(12)10-17/h4-5,9H,3,6-8,10H2,1-2H3,(H2,15,16). The van der Waals surface area contributed by atoms with E-state index in [4.69, 9.17) is 5.73 Å². The molecular weight excluding hydrogens is 210 g/mol. The number of fused-ring (bicyclic) bond motifs is 1. The predicted octanol–water partition coefficient (Wildman–Crippen LogP) is 2.08. The van der Waals surface area contributed by atoms with E-state index in [1.54, 1.807) is 0 Å². The van der Waals surface area contributed by atoms with Gasteiger partial charge in [0.05, 0.1) is 0 Å². The SMILES string of the molecule is CCCN=C(N)N1CCc2cc(C)ccc2C1. The number of benzene rings is 1. The van der Waals surface area contributed by atoms with Crippen LogP contribution in [-0.4, -0.2) is 23.9 Å². The van der Waals surface area contributed by atoms with Gasteiger partial charge in [0.2, 0.25) is 0 Å². The third-order valence-electron chi connectivity index (χ3n) is 3.20. The molecule has 0 amide bonds. The minimum absolute atomic E-state index is 0.693. The number of guanidine groups is 1. The van der Waals surface area contributed by atoms with Crippen LogP contribution in [0.25, 0.3) is 0 Å². The van der Waals surface area contributed by atoms with E-state index < -0.39 is 0 Å². The summed E-state index contributed by atoms with van der Waals surface area (Å²) >= 11 is 0. The zero-order chi connectivity index (χ0) is 12.3. The largest absolute Gasteiger partial charge is 0.370 e. The second-order valence-corrected chi connectivity index (χ2v) is 4.68. The molecule has 2 rings (SSSR count). The molecule has 1 aliphatic heterocycles. The maximum Gasteiger partial charge on any atom is 0.191 e. The Morgan fingerprint density at radius 2 is 2.24 bits per heavy atom. The van der Waals surface area contributed by atoms with Crippen LogP contribution in [0.3, 0.4) is 0 Å². The predicted molar refractivity (Wildman–Crippen MR) is 72.1 cm³/mol. The van der Waals surface area contributed by atoms with Crippen LogP contribution < -0.4 is 5.73 Å². The minimum Gasteiger partial charge on any atom is -0.370 e. The van der Waals surface area contributed by atoms with Crippen molar-refractivity contribution >= 4 is 5.96 Å². The molecule has 0 unspecified atom stereocenters. The van der Waals surface area contributed by atoms with Gasteiger partial charge in [-0.2, -0.15) is 0 Å². The molecule has 92 valence electrons. The quantitative estimate of drug-likeness (QED) is 0.625. The molecule has 1 aromatic carbocycles. The topological polar surface area (TPSA) is 41.6 Å². The Balaban J connectivity index is 2.11. The number of hydrogen-bond donors (Lipinski definition) is 1. The van der Waals surface area contributed by atoms with Crippen molar-refractivity contribution in [3.05, 3.63) is 34.9 Å². The third kappa shape index (κ3) is 2.78. The van der Waals surface area contributed by atoms with Gasteiger partial charge in [0, 0.05) is 19.6 Å². The molecule has 17 heavy (non-hydrogen) atoms. The first kappa shape index (κ1) is 12.0. The van der Waals surface area contributed by atoms with Gasteiger partial charge in [-0.05, 0) is 30.9 Å². The maximum atomic E-state index is 6.00. The number of nitrogens with zero attached hydrogens (tertiary/aromatic N) is 2. The fraction of sp³-hybridized carbons (Fsp3) is 0.500. The summed E-state index contributed by atoms with van der Waals surface area (Å²) in [6.07, 6.45) is 2.11. The van der Waals surface area contributed by atoms with Crippen molar-refractivity contribution < 1.29 is 0 Å². The lowest BCUT2D eigenvalue weighted by Gasteiger charge is -2.29. The first-order chi connectivity index (χ1) is 8.20. The Labute approximate surface area is 103 Å². The number of nitrogens with two attached hydrogens (primary N) is 1. The van der Waals surface area contributed by atoms with E-state index in [1.807, 2.05) is 0 Å². The molecular formula is C14H21N3. The highest BCUT2D eigenvalue weighted by Crippen LogP contribution is 2.19. The lowest BCUT2D eigenvalue weighted by molar-refractivity contribution is 0.388. The van der Waals surface area contributed by atoms with Crippen LogP contribution in [0.1, 0.15) is 30.0 Å². The molecule has 0 fully saturated rings. The van der Waals surface area contributed by atoms with Gasteiger partial charge in [0.25, 0.3) is 0 Å². The van der Waals surface area contributed by atoms with Crippen molar-refractivity contribution in [3.63, 3.8) is 0 Å². The van der Waals surface area contributed by atoms with Gasteiger partial charge >= 0.3 is 0 Å². The van der Waals surface area contributed by atoms with E-state index >= 15 is 0 Å². The molecule has 0 saturated heterocycles. The van der Waals surface area contributed by atoms with Crippen LogP contribution in [0.2, 0.25) is 0 Å². The van der Waals surface area contributed by atoms with Crippen LogP contribution in [0.15, 0.2) is 23.2 Å². The van der Waals surface area contributed by atoms with Crippen LogP contribution in [0.4, 0.5) is 0 Å². The Kier molecular flexibility index (Phi) is 3.67. The van der Waals surface area contributed by atoms with Gasteiger partial charge in [-0.3, -0.25) is 4.99 Å². The highest BCUT2D eigenvalue weighted by molar-refractivity contribution is 5.78. The van der Waals surface area contributed by atoms with Crippen molar-refractivity contribution in [2.75, 3.05) is 13.1 Å². The van der Waals surface area contributed by atoms with Gasteiger partial charge in [-0.15, -0.1) is 0 Å². The van der Waals surface area contributed by atoms with Crippen LogP contribution in [-0.2, 0) is 13.0 Å². The molecule has 1 aromatic rings. The zero-order valence-corrected chi connectivity index (χ0v) is 10.7. The fourth-order valence-corrected chi connectivity index (χ4v) is 2.20. The van der Waals surface area contributed by atoms with Crippen molar-refractivity contribution in [2.45, 2.75) is 33.2 Å². The number of rotatable bonds is 2. The number of hydrogen-bond acceptors (Lipinski definition) is 1. The minimum atomic E-state index is 0.693. The normalized spacial score (nSPS) is 15.9. The highest BCUT2D eigenvalue weighted by atomic mass is 15.2. The molecule has 0 bridgehead atoms. The second kappa shape index (κ2) is 5.21. The lowest BCUT2D eigenvalue weighted by atomic mass is 9.98. The van der Waals surface area contributed by atoms with E-state index in [9.17, 15) is 0 Å². The summed E-state index contributed by atoms with van der Waals surface area (Å²) in [5.74, 6) is 0.693. The van der Waals surface area contributed by atoms with E-state index in [0.29, 0.717) is 5.96 Å². The molecule has 0 spiro atoms. The molecule has 0 atom stereocenters. The van der Waals surface area contributed by atoms with Crippen LogP contribution in [0, 0.1) is 6.92 Å². The van der Waals surface area contributed by atoms with Gasteiger partial charge < -0.3 is 10.6 Å². The average molecular weight is 231 g/mol. The lowest BCUT2D eigenvalue weighted by Crippen LogP contribution is -2.41. The third-order valence-corrected chi connectivity index (χ3v) is 3.20. The van der Waals surface area contributed by atoms with Gasteiger partial charge in [-0.25, -0.2) is 0 Å². The van der Waals surface area contributed by atoms with E-state index in [-0.39, 0.29) is 0 Å². The molecule has 0 saturated carbocycles. The summed E-state index contributed by atoms with van der Waals surface area (Å²) in [5, 5.41) is 0. The van der Waals surface area contributed by atoms with E-state index in [1.165, 1.54) is 16.7 Å². The van der Waals surface area contributed by atoms with E-state index in [2.05, 4.69) is 41.9 Å². The monoisotopic (exact) mass is 231 g/mol. The second-order valence-electron chi connectivity index (χ2n) is 4.68. The summed E-state index contributed by atoms with van der Waals surface area (Å²) in [6.45, 7) is 6.96. The molecule has 3 nitrogen and oxygen atoms in total. The fourth-order valence-electron chi connectivity index (χ4n) is 2.20. The number of aliphatic imine (C=N–C) groups is 1. The van der Waals surface area contributed by atoms with Gasteiger partial charge in [0.15, 0.2) is 5.96 Å². The van der Waals surface area contributed by atoms with Gasteiger partial charge in [-0.1, -0.05) is 30.7 Å². The Morgan fingerprint density at radius 3 is 3.00 bits per heavy atom. The van der Waals surface area contributed by atoms with Crippen molar-refractivity contribution in [1.29, 1.82) is 0 Å². The molecule has 2 N–H and O–H groups in total. The summed E-state index contributed by atoms with van der Waals surface area (Å²) in [5.41, 5.74) is 10.2. The van der Waals surface area contributed by atoms with Crippen molar-refractivity contribution in [1.82, 2.24) is 4.90 Å². The summed E-state index contributed by atoms with van der Waals surface area (Å²) in [6, 6.07) is 6.66. The summed E-state index contributed by atoms with van der Waals surface area (Å²) in [4.78, 5) is 6.55. The average Bonchev–Trinajstić information content (AvgIpc) is 2.35. The van der Waals surface area contributed by atoms with Crippen LogP contribution in [0.5, 0.6) is 0 Å².